The molecule has 0 aromatic rings. The van der Waals surface area contributed by atoms with Gasteiger partial charge in [-0.05, 0) is 0 Å². The Morgan fingerprint density at radius 1 is 0.889 bits per heavy atom. The Morgan fingerprint density at radius 3 is 2.00 bits per heavy atom. The molecule has 0 aliphatic carbocycles. The molecule has 3 fully saturated rings. The van der Waals surface area contributed by atoms with Gasteiger partial charge >= 0.3 is 19.1 Å². The first-order valence-electron chi connectivity index (χ1n) is 2.57. The van der Waals surface area contributed by atoms with Crippen molar-refractivity contribution in [3.8, 4) is 0 Å². The van der Waals surface area contributed by atoms with Crippen LogP contribution in [0.15, 0.2) is 0 Å². The van der Waals surface area contributed by atoms with E-state index in [9.17, 15) is 0 Å². The molecule has 0 saturated carbocycles. The summed E-state index contributed by atoms with van der Waals surface area (Å²) in [5, 5.41) is 0. The minimum absolute atomic E-state index is 0.787. The average Bonchev–Trinajstić information content (AvgIpc) is 1.54. The van der Waals surface area contributed by atoms with Gasteiger partial charge in [0.25, 0.3) is 20.0 Å². The fourth-order valence-corrected chi connectivity index (χ4v) is 9.87. The largest absolute Gasteiger partial charge is 0.459 e. The fourth-order valence-electron chi connectivity index (χ4n) is 0.590. The Kier molecular flexibility index (Phi) is 1.93. The predicted octanol–water partition coefficient (Wildman–Crippen LogP) is -3.47. The number of rotatable bonds is 0. The Hall–Kier alpha value is 0.668. The zero-order valence-electron chi connectivity index (χ0n) is 4.61. The highest BCUT2D eigenvalue weighted by Crippen LogP contribution is 2.11. The van der Waals surface area contributed by atoms with E-state index >= 15 is 0 Å². The van der Waals surface area contributed by atoms with Crippen LogP contribution in [0.2, 0.25) is 0 Å². The van der Waals surface area contributed by atoms with E-state index in [0.29, 0.717) is 0 Å². The van der Waals surface area contributed by atoms with Crippen LogP contribution in [0.5, 0.6) is 0 Å². The van der Waals surface area contributed by atoms with Crippen LogP contribution in [0.1, 0.15) is 0 Å². The standard InChI is InChI=1S/H6O5Si4/c1-6-2-8-4-9(5-8)3-7-1/h8-9H,6-7H2. The lowest BCUT2D eigenvalue weighted by Crippen LogP contribution is -2.56. The van der Waals surface area contributed by atoms with Crippen molar-refractivity contribution in [2.75, 3.05) is 0 Å². The summed E-state index contributed by atoms with van der Waals surface area (Å²) in [6.45, 7) is 0. The SMILES string of the molecule is O1[SiH2]O[SiH]2O[SiH](O[SiH2]1)O2. The normalized spacial score (nSPS) is 48.0. The molecule has 52 valence electrons. The monoisotopic (exact) mass is 198 g/mol. The van der Waals surface area contributed by atoms with Gasteiger partial charge in [-0.3, -0.25) is 0 Å². The van der Waals surface area contributed by atoms with Crippen LogP contribution in [0.25, 0.3) is 0 Å². The molecule has 3 rings (SSSR count). The Morgan fingerprint density at radius 2 is 1.44 bits per heavy atom. The molecule has 0 unspecified atom stereocenters. The van der Waals surface area contributed by atoms with Crippen LogP contribution in [0, 0.1) is 0 Å². The zero-order chi connectivity index (χ0) is 6.10. The van der Waals surface area contributed by atoms with Crippen molar-refractivity contribution < 1.29 is 20.6 Å². The fraction of sp³-hybridized carbons (Fsp3) is 0. The van der Waals surface area contributed by atoms with Crippen molar-refractivity contribution in [3.05, 3.63) is 0 Å². The van der Waals surface area contributed by atoms with Crippen molar-refractivity contribution in [1.29, 1.82) is 0 Å². The summed E-state index contributed by atoms with van der Waals surface area (Å²) in [5.41, 5.74) is 0. The summed E-state index contributed by atoms with van der Waals surface area (Å²) < 4.78 is 25.8. The average molecular weight is 198 g/mol. The molecule has 0 atom stereocenters. The van der Waals surface area contributed by atoms with Crippen LogP contribution in [-0.4, -0.2) is 39.1 Å². The molecule has 3 aliphatic rings. The van der Waals surface area contributed by atoms with Crippen molar-refractivity contribution in [3.63, 3.8) is 0 Å². The van der Waals surface area contributed by atoms with Gasteiger partial charge < -0.3 is 20.6 Å². The van der Waals surface area contributed by atoms with Crippen LogP contribution in [0.4, 0.5) is 0 Å². The molecule has 2 bridgehead atoms. The molecule has 0 N–H and O–H groups in total. The van der Waals surface area contributed by atoms with E-state index in [-0.39, 0.29) is 0 Å². The zero-order valence-corrected chi connectivity index (χ0v) is 9.75. The predicted molar refractivity (Wildman–Crippen MR) is 36.8 cm³/mol. The lowest BCUT2D eigenvalue weighted by molar-refractivity contribution is 0.126. The van der Waals surface area contributed by atoms with E-state index in [1.54, 1.807) is 0 Å². The van der Waals surface area contributed by atoms with E-state index < -0.39 is 39.1 Å². The molecule has 9 heteroatoms. The Labute approximate surface area is 60.3 Å². The van der Waals surface area contributed by atoms with Gasteiger partial charge in [0, 0.05) is 0 Å². The first kappa shape index (κ1) is 6.38. The molecular formula is H6O5Si4. The Bertz CT molecular complexity index is 83.6. The maximum atomic E-state index is 5.18. The van der Waals surface area contributed by atoms with Gasteiger partial charge in [0.15, 0.2) is 0 Å². The molecular weight excluding hydrogens is 192 g/mol. The summed E-state index contributed by atoms with van der Waals surface area (Å²) in [6, 6.07) is 0. The molecule has 9 heavy (non-hydrogen) atoms. The molecule has 3 heterocycles. The lowest BCUT2D eigenvalue weighted by atomic mass is 15.6. The molecule has 0 spiro atoms. The third-order valence-corrected chi connectivity index (χ3v) is 9.17. The number of fused-ring (bicyclic) bond motifs is 4. The van der Waals surface area contributed by atoms with Gasteiger partial charge in [-0.2, -0.15) is 0 Å². The second-order valence-electron chi connectivity index (χ2n) is 1.62. The van der Waals surface area contributed by atoms with Gasteiger partial charge in [0.05, 0.1) is 0 Å². The first-order chi connectivity index (χ1) is 4.45. The van der Waals surface area contributed by atoms with E-state index in [4.69, 9.17) is 20.6 Å². The van der Waals surface area contributed by atoms with Gasteiger partial charge in [0.2, 0.25) is 0 Å². The summed E-state index contributed by atoms with van der Waals surface area (Å²) in [4.78, 5) is 0. The summed E-state index contributed by atoms with van der Waals surface area (Å²) in [7, 11) is -4.83. The lowest BCUT2D eigenvalue weighted by Gasteiger charge is -2.34. The molecule has 0 amide bonds. The van der Waals surface area contributed by atoms with E-state index in [1.165, 1.54) is 0 Å². The Balaban J connectivity index is 1.85. The van der Waals surface area contributed by atoms with Crippen molar-refractivity contribution in [1.82, 2.24) is 0 Å². The van der Waals surface area contributed by atoms with E-state index in [0.717, 1.165) is 0 Å². The molecule has 3 saturated heterocycles. The van der Waals surface area contributed by atoms with Crippen LogP contribution >= 0.6 is 0 Å². The van der Waals surface area contributed by atoms with Gasteiger partial charge in [-0.15, -0.1) is 0 Å². The quantitative estimate of drug-likeness (QED) is 0.379. The third-order valence-electron chi connectivity index (χ3n) is 1.02. The number of hydrogen-bond acceptors (Lipinski definition) is 5. The second-order valence-corrected chi connectivity index (χ2v) is 9.73. The smallest absolute Gasteiger partial charge is 0.425 e. The highest BCUT2D eigenvalue weighted by Gasteiger charge is 2.39. The summed E-state index contributed by atoms with van der Waals surface area (Å²) >= 11 is 0. The van der Waals surface area contributed by atoms with Crippen LogP contribution in [0.3, 0.4) is 0 Å². The minimum Gasteiger partial charge on any atom is -0.425 e. The first-order valence-corrected chi connectivity index (χ1v) is 7.71. The highest BCUT2D eigenvalue weighted by molar-refractivity contribution is 6.72. The molecule has 5 nitrogen and oxygen atoms in total. The highest BCUT2D eigenvalue weighted by atomic mass is 28.5. The van der Waals surface area contributed by atoms with Crippen LogP contribution < -0.4 is 0 Å². The van der Waals surface area contributed by atoms with E-state index in [2.05, 4.69) is 0 Å². The van der Waals surface area contributed by atoms with Crippen molar-refractivity contribution in [2.45, 2.75) is 0 Å². The van der Waals surface area contributed by atoms with Crippen molar-refractivity contribution in [2.24, 2.45) is 0 Å². The van der Waals surface area contributed by atoms with Gasteiger partial charge in [-0.1, -0.05) is 0 Å². The van der Waals surface area contributed by atoms with Crippen LogP contribution in [-0.2, 0) is 20.6 Å². The maximum Gasteiger partial charge on any atom is 0.459 e. The molecule has 3 aliphatic heterocycles. The van der Waals surface area contributed by atoms with Gasteiger partial charge in [-0.25, -0.2) is 0 Å². The van der Waals surface area contributed by atoms with Gasteiger partial charge in [0.1, 0.15) is 0 Å². The second kappa shape index (κ2) is 2.73. The molecule has 0 radical (unpaired) electrons. The molecule has 0 aromatic carbocycles. The number of hydrogen-bond donors (Lipinski definition) is 0. The summed E-state index contributed by atoms with van der Waals surface area (Å²) in [6.07, 6.45) is 0. The van der Waals surface area contributed by atoms with Crippen molar-refractivity contribution >= 4 is 39.1 Å². The molecule has 0 aromatic heterocycles. The maximum absolute atomic E-state index is 5.18. The minimum atomic E-state index is -1.63. The topological polar surface area (TPSA) is 46.2 Å². The van der Waals surface area contributed by atoms with E-state index in [1.807, 2.05) is 0 Å². The third kappa shape index (κ3) is 1.39. The summed E-state index contributed by atoms with van der Waals surface area (Å²) in [5.74, 6) is 0.